The average Bonchev–Trinajstić information content (AvgIpc) is 3.40. The van der Waals surface area contributed by atoms with Crippen LogP contribution in [0.25, 0.3) is 94.3 Å². The Hall–Kier alpha value is -6.13. The summed E-state index contributed by atoms with van der Waals surface area (Å²) < 4.78 is 2.23. The predicted octanol–water partition coefficient (Wildman–Crippen LogP) is 10.3. The van der Waals surface area contributed by atoms with Crippen molar-refractivity contribution in [3.05, 3.63) is 146 Å². The van der Waals surface area contributed by atoms with Gasteiger partial charge in [-0.1, -0.05) is 121 Å². The summed E-state index contributed by atoms with van der Waals surface area (Å²) in [6.07, 6.45) is 0. The molecule has 0 bridgehead atoms. The van der Waals surface area contributed by atoms with E-state index in [4.69, 9.17) is 15.0 Å². The molecule has 45 heavy (non-hydrogen) atoms. The Morgan fingerprint density at radius 3 is 1.53 bits per heavy atom. The zero-order valence-electron chi connectivity index (χ0n) is 24.1. The summed E-state index contributed by atoms with van der Waals surface area (Å²) in [6.45, 7) is 0. The highest BCUT2D eigenvalue weighted by atomic mass is 15.2. The van der Waals surface area contributed by atoms with E-state index in [1.807, 2.05) is 36.4 Å². The van der Waals surface area contributed by atoms with Gasteiger partial charge >= 0.3 is 0 Å². The first-order valence-electron chi connectivity index (χ1n) is 15.2. The van der Waals surface area contributed by atoms with Crippen LogP contribution in [0.15, 0.2) is 146 Å². The van der Waals surface area contributed by atoms with Gasteiger partial charge in [-0.25, -0.2) is 4.98 Å². The number of nitrogens with zero attached hydrogens (tertiary/aromatic N) is 4. The lowest BCUT2D eigenvalue weighted by Gasteiger charge is -2.15. The molecule has 0 unspecified atom stereocenters. The third-order valence-electron chi connectivity index (χ3n) is 9.15. The van der Waals surface area contributed by atoms with E-state index in [0.29, 0.717) is 17.6 Å². The summed E-state index contributed by atoms with van der Waals surface area (Å²) in [5, 5.41) is 7.43. The standard InChI is InChI=1S/C41H24N4/c1-3-11-26(12-4-1)39-42-40(27-13-5-2-6-14-27)44-41(43-39)45-34-20-10-19-31-33-24-29-16-8-7-15-28(29)23-32(33)30-18-9-17-25-21-22-35(45)38(36(25)30)37(31)34/h1-24H. The van der Waals surface area contributed by atoms with E-state index in [2.05, 4.69) is 114 Å². The molecule has 0 amide bonds. The highest BCUT2D eigenvalue weighted by Gasteiger charge is 2.26. The van der Waals surface area contributed by atoms with Crippen LogP contribution in [-0.4, -0.2) is 19.5 Å². The molecule has 2 aromatic heterocycles. The van der Waals surface area contributed by atoms with Crippen molar-refractivity contribution in [1.29, 1.82) is 0 Å². The van der Waals surface area contributed by atoms with Gasteiger partial charge in [0.15, 0.2) is 11.6 Å². The fourth-order valence-corrected chi connectivity index (χ4v) is 7.17. The molecule has 0 fully saturated rings. The Bertz CT molecular complexity index is 2580. The van der Waals surface area contributed by atoms with E-state index in [1.54, 1.807) is 0 Å². The zero-order valence-corrected chi connectivity index (χ0v) is 24.1. The second-order valence-electron chi connectivity index (χ2n) is 11.7. The summed E-state index contributed by atoms with van der Waals surface area (Å²) in [5.41, 5.74) is 9.05. The number of benzene rings is 7. The molecule has 1 aliphatic rings. The quantitative estimate of drug-likeness (QED) is 0.212. The Labute approximate surface area is 258 Å². The third kappa shape index (κ3) is 3.51. The third-order valence-corrected chi connectivity index (χ3v) is 9.15. The Balaban J connectivity index is 1.36. The van der Waals surface area contributed by atoms with Gasteiger partial charge in [0.2, 0.25) is 5.95 Å². The van der Waals surface area contributed by atoms with E-state index in [9.17, 15) is 0 Å². The van der Waals surface area contributed by atoms with Gasteiger partial charge in [0.05, 0.1) is 11.0 Å². The van der Waals surface area contributed by atoms with Crippen molar-refractivity contribution in [2.24, 2.45) is 0 Å². The molecule has 4 nitrogen and oxygen atoms in total. The van der Waals surface area contributed by atoms with E-state index >= 15 is 0 Å². The molecule has 7 aromatic carbocycles. The van der Waals surface area contributed by atoms with Crippen LogP contribution in [0.2, 0.25) is 0 Å². The van der Waals surface area contributed by atoms with Gasteiger partial charge in [0.1, 0.15) is 0 Å². The molecule has 1 aliphatic carbocycles. The molecule has 10 rings (SSSR count). The lowest BCUT2D eigenvalue weighted by atomic mass is 9.91. The second-order valence-corrected chi connectivity index (χ2v) is 11.7. The first kappa shape index (κ1) is 24.3. The van der Waals surface area contributed by atoms with E-state index in [0.717, 1.165) is 22.2 Å². The number of fused-ring (bicyclic) bond motifs is 4. The van der Waals surface area contributed by atoms with E-state index < -0.39 is 0 Å². The summed E-state index contributed by atoms with van der Waals surface area (Å²) in [5.74, 6) is 1.91. The highest BCUT2D eigenvalue weighted by Crippen LogP contribution is 2.50. The number of rotatable bonds is 3. The van der Waals surface area contributed by atoms with Crippen molar-refractivity contribution < 1.29 is 0 Å². The van der Waals surface area contributed by atoms with E-state index in [-0.39, 0.29) is 0 Å². The first-order chi connectivity index (χ1) is 22.3. The minimum absolute atomic E-state index is 0.607. The molecule has 0 N–H and O–H groups in total. The maximum Gasteiger partial charge on any atom is 0.238 e. The van der Waals surface area contributed by atoms with Crippen LogP contribution < -0.4 is 0 Å². The average molecular weight is 573 g/mol. The molecule has 9 aromatic rings. The monoisotopic (exact) mass is 572 g/mol. The molecule has 0 radical (unpaired) electrons. The summed E-state index contributed by atoms with van der Waals surface area (Å²) in [7, 11) is 0. The highest BCUT2D eigenvalue weighted by molar-refractivity contribution is 6.30. The maximum absolute atomic E-state index is 5.15. The fraction of sp³-hybridized carbons (Fsp3) is 0. The van der Waals surface area contributed by atoms with E-state index in [1.165, 1.54) is 54.6 Å². The summed E-state index contributed by atoms with van der Waals surface area (Å²) >= 11 is 0. The number of aromatic nitrogens is 4. The van der Waals surface area contributed by atoms with Crippen molar-refractivity contribution in [3.8, 4) is 51.0 Å². The molecular weight excluding hydrogens is 548 g/mol. The molecule has 2 heterocycles. The van der Waals surface area contributed by atoms with Crippen molar-refractivity contribution >= 4 is 43.4 Å². The summed E-state index contributed by atoms with van der Waals surface area (Å²) in [4.78, 5) is 15.3. The van der Waals surface area contributed by atoms with Gasteiger partial charge < -0.3 is 0 Å². The lowest BCUT2D eigenvalue weighted by Crippen LogP contribution is -2.06. The topological polar surface area (TPSA) is 43.6 Å². The minimum Gasteiger partial charge on any atom is -0.278 e. The van der Waals surface area contributed by atoms with Crippen LogP contribution in [-0.2, 0) is 0 Å². The van der Waals surface area contributed by atoms with Gasteiger partial charge in [0, 0.05) is 21.9 Å². The van der Waals surface area contributed by atoms with Gasteiger partial charge in [-0.2, -0.15) is 9.97 Å². The molecule has 0 atom stereocenters. The maximum atomic E-state index is 5.15. The summed E-state index contributed by atoms with van der Waals surface area (Å²) in [6, 6.07) is 51.5. The first-order valence-corrected chi connectivity index (χ1v) is 15.2. The Morgan fingerprint density at radius 2 is 0.889 bits per heavy atom. The lowest BCUT2D eigenvalue weighted by molar-refractivity contribution is 0.953. The molecule has 0 aliphatic heterocycles. The van der Waals surface area contributed by atoms with Crippen molar-refractivity contribution in [2.75, 3.05) is 0 Å². The van der Waals surface area contributed by atoms with Crippen LogP contribution in [0, 0.1) is 0 Å². The molecule has 4 heteroatoms. The smallest absolute Gasteiger partial charge is 0.238 e. The Morgan fingerprint density at radius 1 is 0.356 bits per heavy atom. The molecule has 0 spiro atoms. The number of hydrogen-bond donors (Lipinski definition) is 0. The van der Waals surface area contributed by atoms with Crippen molar-refractivity contribution in [2.45, 2.75) is 0 Å². The fourth-order valence-electron chi connectivity index (χ4n) is 7.17. The molecular formula is C41H24N4. The largest absolute Gasteiger partial charge is 0.278 e. The van der Waals surface area contributed by atoms with Gasteiger partial charge in [0.25, 0.3) is 0 Å². The normalized spacial score (nSPS) is 12.0. The van der Waals surface area contributed by atoms with Crippen LogP contribution in [0.1, 0.15) is 0 Å². The van der Waals surface area contributed by atoms with Crippen molar-refractivity contribution in [3.63, 3.8) is 0 Å². The predicted molar refractivity (Wildman–Crippen MR) is 184 cm³/mol. The SMILES string of the molecule is c1ccc(-c2nc(-c3ccccc3)nc(-n3c4cccc5c4c4c6c(cccc6ccc43)-c3cc4ccccc4cc3-5)n2)cc1. The molecule has 0 saturated heterocycles. The Kier molecular flexibility index (Phi) is 4.96. The molecule has 208 valence electrons. The zero-order chi connectivity index (χ0) is 29.5. The van der Waals surface area contributed by atoms with Gasteiger partial charge in [-0.05, 0) is 68.1 Å². The van der Waals surface area contributed by atoms with Gasteiger partial charge in [-0.3, -0.25) is 4.57 Å². The van der Waals surface area contributed by atoms with Crippen LogP contribution in [0.4, 0.5) is 0 Å². The number of hydrogen-bond acceptors (Lipinski definition) is 3. The van der Waals surface area contributed by atoms with Crippen LogP contribution in [0.3, 0.4) is 0 Å². The second kappa shape index (κ2) is 9.18. The van der Waals surface area contributed by atoms with Crippen LogP contribution in [0.5, 0.6) is 0 Å². The molecule has 0 saturated carbocycles. The minimum atomic E-state index is 0.607. The van der Waals surface area contributed by atoms with Gasteiger partial charge in [-0.15, -0.1) is 0 Å². The van der Waals surface area contributed by atoms with Crippen LogP contribution >= 0.6 is 0 Å². The van der Waals surface area contributed by atoms with Crippen molar-refractivity contribution in [1.82, 2.24) is 19.5 Å².